The predicted molar refractivity (Wildman–Crippen MR) is 143 cm³/mol. The van der Waals surface area contributed by atoms with Gasteiger partial charge in [0.05, 0.1) is 34.5 Å². The zero-order chi connectivity index (χ0) is 24.6. The van der Waals surface area contributed by atoms with Crippen LogP contribution in [0.15, 0.2) is 73.3 Å². The van der Waals surface area contributed by atoms with Crippen molar-refractivity contribution >= 4 is 22.1 Å². The molecule has 1 aliphatic rings. The highest BCUT2D eigenvalue weighted by Gasteiger charge is 2.18. The molecular formula is C29H25N7O. The first-order chi connectivity index (χ1) is 18.3. The van der Waals surface area contributed by atoms with Gasteiger partial charge in [-0.1, -0.05) is 24.6 Å². The molecule has 0 amide bonds. The van der Waals surface area contributed by atoms with Crippen molar-refractivity contribution in [3.63, 3.8) is 0 Å². The van der Waals surface area contributed by atoms with Gasteiger partial charge in [0.1, 0.15) is 11.3 Å². The minimum atomic E-state index is 0.270. The molecule has 0 atom stereocenters. The number of hydrogen-bond donors (Lipinski definition) is 2. The zero-order valence-corrected chi connectivity index (χ0v) is 20.2. The van der Waals surface area contributed by atoms with Gasteiger partial charge in [0.25, 0.3) is 0 Å². The monoisotopic (exact) mass is 487 g/mol. The van der Waals surface area contributed by atoms with Gasteiger partial charge in [0.15, 0.2) is 11.5 Å². The van der Waals surface area contributed by atoms with Crippen molar-refractivity contribution in [3.8, 4) is 39.7 Å². The second-order valence-electron chi connectivity index (χ2n) is 9.48. The fourth-order valence-corrected chi connectivity index (χ4v) is 5.12. The molecule has 2 N–H and O–H groups in total. The maximum absolute atomic E-state index is 6.24. The van der Waals surface area contributed by atoms with Gasteiger partial charge in [-0.2, -0.15) is 5.10 Å². The summed E-state index contributed by atoms with van der Waals surface area (Å²) in [5.41, 5.74) is 7.81. The van der Waals surface area contributed by atoms with Crippen LogP contribution in [-0.2, 0) is 0 Å². The van der Waals surface area contributed by atoms with Gasteiger partial charge in [0.2, 0.25) is 0 Å². The highest BCUT2D eigenvalue weighted by Crippen LogP contribution is 2.32. The number of aromatic nitrogens is 7. The molecule has 37 heavy (non-hydrogen) atoms. The Morgan fingerprint density at radius 1 is 0.784 bits per heavy atom. The summed E-state index contributed by atoms with van der Waals surface area (Å²) >= 11 is 0. The molecule has 0 radical (unpaired) electrons. The van der Waals surface area contributed by atoms with Crippen LogP contribution in [0.5, 0.6) is 5.75 Å². The number of fused-ring (bicyclic) bond motifs is 2. The van der Waals surface area contributed by atoms with E-state index in [-0.39, 0.29) is 6.10 Å². The summed E-state index contributed by atoms with van der Waals surface area (Å²) in [4.78, 5) is 22.0. The molecule has 8 nitrogen and oxygen atoms in total. The van der Waals surface area contributed by atoms with Crippen molar-refractivity contribution in [3.05, 3.63) is 73.3 Å². The van der Waals surface area contributed by atoms with E-state index in [1.807, 2.05) is 54.9 Å². The van der Waals surface area contributed by atoms with Crippen molar-refractivity contribution in [2.75, 3.05) is 0 Å². The minimum Gasteiger partial charge on any atom is -0.489 e. The molecule has 182 valence electrons. The van der Waals surface area contributed by atoms with Crippen LogP contribution in [0.4, 0.5) is 0 Å². The summed E-state index contributed by atoms with van der Waals surface area (Å²) in [5, 5.41) is 7.66. The number of pyridine rings is 3. The smallest absolute Gasteiger partial charge is 0.161 e. The summed E-state index contributed by atoms with van der Waals surface area (Å²) in [6, 6.07) is 16.0. The number of imidazole rings is 1. The molecule has 7 rings (SSSR count). The summed E-state index contributed by atoms with van der Waals surface area (Å²) in [5.74, 6) is 1.45. The van der Waals surface area contributed by atoms with Gasteiger partial charge in [-0.15, -0.1) is 0 Å². The van der Waals surface area contributed by atoms with Crippen LogP contribution >= 0.6 is 0 Å². The number of aromatic amines is 2. The van der Waals surface area contributed by atoms with Crippen LogP contribution < -0.4 is 4.74 Å². The topological polar surface area (TPSA) is 105 Å². The first kappa shape index (κ1) is 21.7. The third-order valence-corrected chi connectivity index (χ3v) is 6.98. The second-order valence-corrected chi connectivity index (χ2v) is 9.48. The molecule has 0 bridgehead atoms. The largest absolute Gasteiger partial charge is 0.489 e. The van der Waals surface area contributed by atoms with Crippen molar-refractivity contribution in [2.45, 2.75) is 38.2 Å². The Balaban J connectivity index is 1.26. The number of nitrogens with one attached hydrogen (secondary N) is 2. The van der Waals surface area contributed by atoms with E-state index < -0.39 is 0 Å². The average Bonchev–Trinajstić information content (AvgIpc) is 3.58. The Kier molecular flexibility index (Phi) is 5.35. The summed E-state index contributed by atoms with van der Waals surface area (Å²) in [6.45, 7) is 0. The molecule has 1 fully saturated rings. The van der Waals surface area contributed by atoms with E-state index in [0.29, 0.717) is 11.5 Å². The quantitative estimate of drug-likeness (QED) is 0.294. The fraction of sp³-hybridized carbons (Fsp3) is 0.207. The summed E-state index contributed by atoms with van der Waals surface area (Å²) in [6.07, 6.45) is 13.5. The van der Waals surface area contributed by atoms with Gasteiger partial charge < -0.3 is 9.72 Å². The van der Waals surface area contributed by atoms with E-state index in [0.717, 1.165) is 63.0 Å². The van der Waals surface area contributed by atoms with Crippen LogP contribution in [0.1, 0.15) is 32.1 Å². The molecule has 0 aliphatic heterocycles. The normalized spacial score (nSPS) is 14.4. The van der Waals surface area contributed by atoms with E-state index in [1.54, 1.807) is 12.4 Å². The SMILES string of the molecule is c1cncc(-c2cccc3[nH]c(-c4n[nH]c5ccc(-c6cncc(OC7CCCCC7)c6)nc45)nc23)c1. The molecule has 5 heterocycles. The molecule has 8 heteroatoms. The summed E-state index contributed by atoms with van der Waals surface area (Å²) < 4.78 is 6.24. The molecule has 0 spiro atoms. The first-order valence-electron chi connectivity index (χ1n) is 12.7. The third kappa shape index (κ3) is 4.10. The Hall–Kier alpha value is -4.59. The second kappa shape index (κ2) is 9.13. The molecule has 0 saturated heterocycles. The number of hydrogen-bond acceptors (Lipinski definition) is 6. The van der Waals surface area contributed by atoms with Crippen LogP contribution in [-0.4, -0.2) is 41.2 Å². The van der Waals surface area contributed by atoms with Crippen LogP contribution in [0.25, 0.3) is 56.0 Å². The molecule has 1 saturated carbocycles. The number of rotatable bonds is 5. The van der Waals surface area contributed by atoms with Crippen LogP contribution in [0.2, 0.25) is 0 Å². The fourth-order valence-electron chi connectivity index (χ4n) is 5.12. The Morgan fingerprint density at radius 3 is 2.59 bits per heavy atom. The molecular weight excluding hydrogens is 462 g/mol. The van der Waals surface area contributed by atoms with E-state index in [9.17, 15) is 0 Å². The maximum atomic E-state index is 6.24. The van der Waals surface area contributed by atoms with E-state index in [2.05, 4.69) is 31.2 Å². The lowest BCUT2D eigenvalue weighted by molar-refractivity contribution is 0.154. The van der Waals surface area contributed by atoms with Crippen LogP contribution in [0.3, 0.4) is 0 Å². The van der Waals surface area contributed by atoms with Gasteiger partial charge in [-0.25, -0.2) is 9.97 Å². The highest BCUT2D eigenvalue weighted by molar-refractivity contribution is 5.96. The molecule has 0 unspecified atom stereocenters. The molecule has 1 aromatic carbocycles. The van der Waals surface area contributed by atoms with Gasteiger partial charge >= 0.3 is 0 Å². The standard InChI is InChI=1S/C29H25N7O/c1-2-7-20(8-3-1)37-21-14-19(16-31-17-21)23-11-12-25-27(32-23)28(36-35-25)29-33-24-10-4-9-22(26(24)34-29)18-6-5-13-30-15-18/h4-6,9-17,20H,1-3,7-8H2,(H,33,34)(H,35,36). The number of para-hydroxylation sites is 1. The Bertz CT molecular complexity index is 1700. The van der Waals surface area contributed by atoms with Crippen LogP contribution in [0, 0.1) is 0 Å². The number of H-pyrrole nitrogens is 2. The molecule has 1 aliphatic carbocycles. The van der Waals surface area contributed by atoms with E-state index in [1.165, 1.54) is 19.3 Å². The first-order valence-corrected chi connectivity index (χ1v) is 12.7. The van der Waals surface area contributed by atoms with E-state index >= 15 is 0 Å². The molecule has 6 aromatic rings. The van der Waals surface area contributed by atoms with E-state index in [4.69, 9.17) is 14.7 Å². The zero-order valence-electron chi connectivity index (χ0n) is 20.2. The highest BCUT2D eigenvalue weighted by atomic mass is 16.5. The Labute approximate surface area is 213 Å². The maximum Gasteiger partial charge on any atom is 0.161 e. The van der Waals surface area contributed by atoms with Crippen molar-refractivity contribution in [2.24, 2.45) is 0 Å². The van der Waals surface area contributed by atoms with Gasteiger partial charge in [-0.3, -0.25) is 15.1 Å². The van der Waals surface area contributed by atoms with Crippen molar-refractivity contribution in [1.82, 2.24) is 35.1 Å². The number of benzene rings is 1. The van der Waals surface area contributed by atoms with Gasteiger partial charge in [0, 0.05) is 35.3 Å². The minimum absolute atomic E-state index is 0.270. The van der Waals surface area contributed by atoms with Gasteiger partial charge in [-0.05, 0) is 56.0 Å². The van der Waals surface area contributed by atoms with Crippen molar-refractivity contribution in [1.29, 1.82) is 0 Å². The number of nitrogens with zero attached hydrogens (tertiary/aromatic N) is 5. The lowest BCUT2D eigenvalue weighted by Gasteiger charge is -2.22. The lowest BCUT2D eigenvalue weighted by atomic mass is 9.98. The molecule has 5 aromatic heterocycles. The summed E-state index contributed by atoms with van der Waals surface area (Å²) in [7, 11) is 0. The lowest BCUT2D eigenvalue weighted by Crippen LogP contribution is -2.19. The predicted octanol–water partition coefficient (Wildman–Crippen LogP) is 6.34. The average molecular weight is 488 g/mol. The number of ether oxygens (including phenoxy) is 1. The third-order valence-electron chi connectivity index (χ3n) is 6.98. The Morgan fingerprint density at radius 2 is 1.70 bits per heavy atom. The van der Waals surface area contributed by atoms with Crippen molar-refractivity contribution < 1.29 is 4.74 Å².